The summed E-state index contributed by atoms with van der Waals surface area (Å²) in [5, 5.41) is 5.22. The highest BCUT2D eigenvalue weighted by atomic mass is 16.6. The largest absolute Gasteiger partial charge is 0.486 e. The highest BCUT2D eigenvalue weighted by Gasteiger charge is 2.34. The SMILES string of the molecule is COCCOc1c(OC(=O)CN(C)C)c(-c2ccccc2)nc2c1=CCN1C=2NC(C)C1C. The van der Waals surface area contributed by atoms with Crippen molar-refractivity contribution in [3.63, 3.8) is 0 Å². The van der Waals surface area contributed by atoms with E-state index in [1.807, 2.05) is 44.4 Å². The lowest BCUT2D eigenvalue weighted by Gasteiger charge is -2.26. The van der Waals surface area contributed by atoms with Gasteiger partial charge in [-0.05, 0) is 27.9 Å². The van der Waals surface area contributed by atoms with Crippen molar-refractivity contribution < 1.29 is 19.0 Å². The van der Waals surface area contributed by atoms with Gasteiger partial charge in [-0.3, -0.25) is 9.69 Å². The Morgan fingerprint density at radius 2 is 1.94 bits per heavy atom. The zero-order valence-corrected chi connectivity index (χ0v) is 19.9. The third kappa shape index (κ3) is 4.67. The predicted molar refractivity (Wildman–Crippen MR) is 127 cm³/mol. The Kier molecular flexibility index (Phi) is 6.85. The van der Waals surface area contributed by atoms with Gasteiger partial charge in [0.15, 0.2) is 11.5 Å². The molecule has 2 atom stereocenters. The Bertz CT molecular complexity index is 1130. The number of nitrogens with zero attached hydrogens (tertiary/aromatic N) is 3. The first-order valence-electron chi connectivity index (χ1n) is 11.2. The van der Waals surface area contributed by atoms with E-state index in [9.17, 15) is 4.79 Å². The van der Waals surface area contributed by atoms with Crippen molar-refractivity contribution in [1.82, 2.24) is 20.1 Å². The third-order valence-corrected chi connectivity index (χ3v) is 5.97. The second-order valence-electron chi connectivity index (χ2n) is 8.68. The maximum absolute atomic E-state index is 12.7. The molecule has 1 saturated heterocycles. The number of benzene rings is 1. The number of nitrogens with one attached hydrogen (secondary N) is 1. The molecule has 0 saturated carbocycles. The van der Waals surface area contributed by atoms with Gasteiger partial charge in [0, 0.05) is 36.5 Å². The van der Waals surface area contributed by atoms with E-state index in [1.54, 1.807) is 12.0 Å². The van der Waals surface area contributed by atoms with Crippen LogP contribution < -0.4 is 25.4 Å². The van der Waals surface area contributed by atoms with Crippen LogP contribution in [0.25, 0.3) is 23.2 Å². The number of esters is 1. The molecule has 1 fully saturated rings. The molecule has 1 N–H and O–H groups in total. The minimum atomic E-state index is -0.373. The van der Waals surface area contributed by atoms with Gasteiger partial charge >= 0.3 is 5.97 Å². The van der Waals surface area contributed by atoms with Crippen molar-refractivity contribution in [2.45, 2.75) is 25.9 Å². The van der Waals surface area contributed by atoms with Crippen molar-refractivity contribution in [3.8, 4) is 22.8 Å². The van der Waals surface area contributed by atoms with Crippen LogP contribution in [0.2, 0.25) is 0 Å². The summed E-state index contributed by atoms with van der Waals surface area (Å²) < 4.78 is 17.3. The zero-order chi connectivity index (χ0) is 23.5. The third-order valence-electron chi connectivity index (χ3n) is 5.97. The number of rotatable bonds is 8. The van der Waals surface area contributed by atoms with Gasteiger partial charge in [-0.25, -0.2) is 4.98 Å². The number of carbonyl (C=O) groups excluding carboxylic acids is 1. The van der Waals surface area contributed by atoms with E-state index >= 15 is 0 Å². The van der Waals surface area contributed by atoms with Gasteiger partial charge in [-0.2, -0.15) is 0 Å². The summed E-state index contributed by atoms with van der Waals surface area (Å²) in [5.41, 5.74) is 1.42. The highest BCUT2D eigenvalue weighted by Crippen LogP contribution is 2.34. The molecule has 176 valence electrons. The van der Waals surface area contributed by atoms with Crippen LogP contribution in [0.3, 0.4) is 0 Å². The average Bonchev–Trinajstić information content (AvgIpc) is 3.08. The quantitative estimate of drug-likeness (QED) is 0.465. The van der Waals surface area contributed by atoms with Crippen molar-refractivity contribution in [3.05, 3.63) is 40.9 Å². The highest BCUT2D eigenvalue weighted by molar-refractivity contribution is 5.80. The smallest absolute Gasteiger partial charge is 0.325 e. The Balaban J connectivity index is 1.96. The fourth-order valence-electron chi connectivity index (χ4n) is 4.14. The summed E-state index contributed by atoms with van der Waals surface area (Å²) >= 11 is 0. The number of hydrogen-bond acceptors (Lipinski definition) is 8. The lowest BCUT2D eigenvalue weighted by atomic mass is 10.1. The molecule has 0 radical (unpaired) electrons. The van der Waals surface area contributed by atoms with Crippen LogP contribution in [0.4, 0.5) is 0 Å². The monoisotopic (exact) mass is 452 g/mol. The standard InChI is InChI=1S/C25H32N4O4/c1-16-17(2)29-12-11-19-22(25(29)26-16)27-21(18-9-7-6-8-10-18)24(23(19)32-14-13-31-5)33-20(30)15-28(3)4/h6-11,16-17,26H,12-15H2,1-5H3. The number of carbonyl (C=O) groups is 1. The van der Waals surface area contributed by atoms with E-state index < -0.39 is 0 Å². The number of likely N-dealkylation sites (N-methyl/N-ethyl adjacent to an activating group) is 1. The molecule has 8 heteroatoms. The number of methoxy groups -OCH3 is 1. The van der Waals surface area contributed by atoms with Crippen LogP contribution in [-0.2, 0) is 9.53 Å². The molecule has 3 heterocycles. The molecule has 33 heavy (non-hydrogen) atoms. The van der Waals surface area contributed by atoms with Gasteiger partial charge in [-0.15, -0.1) is 0 Å². The Morgan fingerprint density at radius 1 is 1.18 bits per heavy atom. The van der Waals surface area contributed by atoms with Crippen LogP contribution in [0.5, 0.6) is 11.5 Å². The molecular formula is C25H32N4O4. The summed E-state index contributed by atoms with van der Waals surface area (Å²) in [5.74, 6) is 1.46. The normalized spacial score (nSPS) is 19.0. The summed E-state index contributed by atoms with van der Waals surface area (Å²) in [7, 11) is 5.28. The first-order valence-corrected chi connectivity index (χ1v) is 11.2. The first-order chi connectivity index (χ1) is 15.9. The maximum atomic E-state index is 12.7. The Hall–Kier alpha value is -3.10. The fourth-order valence-corrected chi connectivity index (χ4v) is 4.14. The molecule has 1 aromatic heterocycles. The molecule has 4 rings (SSSR count). The number of hydrogen-bond donors (Lipinski definition) is 1. The van der Waals surface area contributed by atoms with Gasteiger partial charge in [0.2, 0.25) is 0 Å². The number of aromatic nitrogens is 1. The maximum Gasteiger partial charge on any atom is 0.325 e. The van der Waals surface area contributed by atoms with Crippen LogP contribution >= 0.6 is 0 Å². The molecule has 1 aromatic carbocycles. The zero-order valence-electron chi connectivity index (χ0n) is 19.9. The van der Waals surface area contributed by atoms with Crippen LogP contribution in [-0.4, -0.2) is 80.3 Å². The van der Waals surface area contributed by atoms with Gasteiger partial charge in [-0.1, -0.05) is 36.4 Å². The molecule has 0 spiro atoms. The molecule has 8 nitrogen and oxygen atoms in total. The molecular weight excluding hydrogens is 420 g/mol. The topological polar surface area (TPSA) is 76.2 Å². The van der Waals surface area contributed by atoms with E-state index in [4.69, 9.17) is 19.2 Å². The van der Waals surface area contributed by atoms with Gasteiger partial charge < -0.3 is 24.4 Å². The Morgan fingerprint density at radius 3 is 2.64 bits per heavy atom. The summed E-state index contributed by atoms with van der Waals surface area (Å²) in [6.07, 6.45) is 2.10. The molecule has 0 aliphatic carbocycles. The van der Waals surface area contributed by atoms with Gasteiger partial charge in [0.1, 0.15) is 23.5 Å². The molecule has 2 unspecified atom stereocenters. The van der Waals surface area contributed by atoms with Crippen molar-refractivity contribution >= 4 is 17.9 Å². The minimum absolute atomic E-state index is 0.147. The first kappa shape index (κ1) is 23.1. The van der Waals surface area contributed by atoms with Crippen molar-refractivity contribution in [2.75, 3.05) is 47.5 Å². The second-order valence-corrected chi connectivity index (χ2v) is 8.68. The lowest BCUT2D eigenvalue weighted by molar-refractivity contribution is -0.135. The van der Waals surface area contributed by atoms with E-state index in [-0.39, 0.29) is 18.6 Å². The van der Waals surface area contributed by atoms with Crippen molar-refractivity contribution in [2.24, 2.45) is 0 Å². The van der Waals surface area contributed by atoms with Gasteiger partial charge in [0.05, 0.1) is 13.2 Å². The van der Waals surface area contributed by atoms with E-state index in [2.05, 4.69) is 30.1 Å². The van der Waals surface area contributed by atoms with Crippen molar-refractivity contribution in [1.29, 1.82) is 0 Å². The minimum Gasteiger partial charge on any atom is -0.486 e. The van der Waals surface area contributed by atoms with Crippen LogP contribution in [0.1, 0.15) is 13.8 Å². The van der Waals surface area contributed by atoms with E-state index in [0.29, 0.717) is 36.4 Å². The molecule has 0 bridgehead atoms. The predicted octanol–water partition coefficient (Wildman–Crippen LogP) is 0.783. The second kappa shape index (κ2) is 9.80. The van der Waals surface area contributed by atoms with Crippen LogP contribution in [0, 0.1) is 0 Å². The van der Waals surface area contributed by atoms with E-state index in [1.165, 1.54) is 0 Å². The summed E-state index contributed by atoms with van der Waals surface area (Å²) in [4.78, 5) is 21.8. The molecule has 2 aromatic rings. The molecule has 0 amide bonds. The summed E-state index contributed by atoms with van der Waals surface area (Å²) in [6.45, 7) is 5.98. The lowest BCUT2D eigenvalue weighted by Crippen LogP contribution is -2.44. The van der Waals surface area contributed by atoms with Gasteiger partial charge in [0.25, 0.3) is 0 Å². The number of pyridine rings is 1. The fraction of sp³-hybridized carbons (Fsp3) is 0.440. The van der Waals surface area contributed by atoms with E-state index in [0.717, 1.165) is 28.5 Å². The Labute approximate surface area is 194 Å². The molecule has 2 aliphatic heterocycles. The summed E-state index contributed by atoms with van der Waals surface area (Å²) in [6, 6.07) is 10.4. The number of ether oxygens (including phenoxy) is 3. The van der Waals surface area contributed by atoms with Crippen LogP contribution in [0.15, 0.2) is 30.3 Å². The molecule has 2 aliphatic rings. The number of fused-ring (bicyclic) bond motifs is 2. The average molecular weight is 453 g/mol.